The third-order valence-corrected chi connectivity index (χ3v) is 5.08. The number of aliphatic hydroxyl groups excluding tert-OH is 1. The van der Waals surface area contributed by atoms with E-state index in [1.165, 1.54) is 30.9 Å². The number of benzene rings is 2. The summed E-state index contributed by atoms with van der Waals surface area (Å²) < 4.78 is 34.2. The van der Waals surface area contributed by atoms with Crippen LogP contribution >= 0.6 is 0 Å². The average Bonchev–Trinajstić information content (AvgIpc) is 2.74. The lowest BCUT2D eigenvalue weighted by molar-refractivity contribution is -0.0512. The van der Waals surface area contributed by atoms with Crippen molar-refractivity contribution in [2.24, 2.45) is 0 Å². The number of carbonyl (C=O) groups is 1. The topological polar surface area (TPSA) is 71.0 Å². The normalized spacial score (nSPS) is 15.2. The molecule has 2 aromatic carbocycles. The second-order valence-electron chi connectivity index (χ2n) is 7.25. The van der Waals surface area contributed by atoms with Crippen molar-refractivity contribution >= 4 is 5.91 Å². The van der Waals surface area contributed by atoms with Gasteiger partial charge in [0.2, 0.25) is 0 Å². The van der Waals surface area contributed by atoms with Crippen molar-refractivity contribution in [2.75, 3.05) is 20.2 Å². The smallest absolute Gasteiger partial charge is 0.387 e. The quantitative estimate of drug-likeness (QED) is 0.687. The van der Waals surface area contributed by atoms with Crippen molar-refractivity contribution in [1.29, 1.82) is 0 Å². The highest BCUT2D eigenvalue weighted by molar-refractivity contribution is 5.94. The van der Waals surface area contributed by atoms with E-state index in [1.807, 2.05) is 24.3 Å². The predicted molar refractivity (Wildman–Crippen MR) is 108 cm³/mol. The first kappa shape index (κ1) is 22.0. The first-order valence-corrected chi connectivity index (χ1v) is 9.84. The van der Waals surface area contributed by atoms with Crippen LogP contribution in [0.2, 0.25) is 0 Å². The lowest BCUT2D eigenvalue weighted by Gasteiger charge is -2.29. The number of nitrogens with zero attached hydrogens (tertiary/aromatic N) is 1. The maximum atomic E-state index is 12.4. The van der Waals surface area contributed by atoms with Gasteiger partial charge in [-0.25, -0.2) is 0 Å². The second-order valence-corrected chi connectivity index (χ2v) is 7.25. The molecule has 1 amide bonds. The van der Waals surface area contributed by atoms with Gasteiger partial charge in [0.25, 0.3) is 5.91 Å². The van der Waals surface area contributed by atoms with E-state index in [0.717, 1.165) is 38.0 Å². The number of hydrogen-bond donors (Lipinski definition) is 2. The van der Waals surface area contributed by atoms with Crippen LogP contribution in [-0.4, -0.2) is 48.8 Å². The molecule has 3 rings (SSSR count). The highest BCUT2D eigenvalue weighted by Crippen LogP contribution is 2.29. The van der Waals surface area contributed by atoms with E-state index in [0.29, 0.717) is 6.54 Å². The third-order valence-electron chi connectivity index (χ3n) is 5.08. The molecule has 8 heteroatoms. The zero-order valence-corrected chi connectivity index (χ0v) is 16.8. The van der Waals surface area contributed by atoms with E-state index in [1.54, 1.807) is 0 Å². The molecule has 1 heterocycles. The second kappa shape index (κ2) is 10.4. The van der Waals surface area contributed by atoms with Gasteiger partial charge < -0.3 is 19.9 Å². The molecule has 0 spiro atoms. The summed E-state index contributed by atoms with van der Waals surface area (Å²) in [6.45, 7) is -0.00513. The van der Waals surface area contributed by atoms with E-state index in [-0.39, 0.29) is 29.1 Å². The molecule has 0 aromatic heterocycles. The Morgan fingerprint density at radius 2 is 1.80 bits per heavy atom. The Morgan fingerprint density at radius 3 is 2.43 bits per heavy atom. The zero-order chi connectivity index (χ0) is 21.5. The van der Waals surface area contributed by atoms with Gasteiger partial charge in [-0.3, -0.25) is 9.69 Å². The van der Waals surface area contributed by atoms with Crippen molar-refractivity contribution in [3.63, 3.8) is 0 Å². The van der Waals surface area contributed by atoms with E-state index in [4.69, 9.17) is 4.74 Å². The number of alkyl halides is 2. The molecule has 0 saturated carbocycles. The van der Waals surface area contributed by atoms with Gasteiger partial charge >= 0.3 is 6.61 Å². The van der Waals surface area contributed by atoms with Crippen molar-refractivity contribution in [1.82, 2.24) is 10.2 Å². The largest absolute Gasteiger partial charge is 0.493 e. The van der Waals surface area contributed by atoms with Gasteiger partial charge in [-0.1, -0.05) is 24.3 Å². The monoisotopic (exact) mass is 420 g/mol. The summed E-state index contributed by atoms with van der Waals surface area (Å²) in [4.78, 5) is 14.7. The van der Waals surface area contributed by atoms with Crippen LogP contribution in [-0.2, 0) is 13.1 Å². The van der Waals surface area contributed by atoms with E-state index >= 15 is 0 Å². The molecule has 1 saturated heterocycles. The molecule has 1 aliphatic heterocycles. The fraction of sp³-hybridized carbons (Fsp3) is 0.409. The summed E-state index contributed by atoms with van der Waals surface area (Å²) in [6.07, 6.45) is 1.44. The van der Waals surface area contributed by atoms with Crippen LogP contribution in [0, 0.1) is 0 Å². The Balaban J connectivity index is 1.53. The van der Waals surface area contributed by atoms with Gasteiger partial charge in [-0.05, 0) is 42.2 Å². The van der Waals surface area contributed by atoms with Gasteiger partial charge in [0.1, 0.15) is 0 Å². The molecule has 0 bridgehead atoms. The van der Waals surface area contributed by atoms with Gasteiger partial charge in [-0.2, -0.15) is 8.78 Å². The van der Waals surface area contributed by atoms with Crippen molar-refractivity contribution in [3.05, 3.63) is 59.2 Å². The number of aliphatic hydroxyl groups is 1. The molecular weight excluding hydrogens is 394 g/mol. The van der Waals surface area contributed by atoms with Gasteiger partial charge in [0.15, 0.2) is 11.5 Å². The van der Waals surface area contributed by atoms with Crippen LogP contribution in [0.1, 0.15) is 34.3 Å². The molecule has 1 aliphatic rings. The molecule has 0 atom stereocenters. The summed E-state index contributed by atoms with van der Waals surface area (Å²) >= 11 is 0. The fourth-order valence-corrected chi connectivity index (χ4v) is 3.38. The van der Waals surface area contributed by atoms with Crippen molar-refractivity contribution in [3.8, 4) is 11.5 Å². The maximum Gasteiger partial charge on any atom is 0.387 e. The summed E-state index contributed by atoms with van der Waals surface area (Å²) in [5.74, 6) is -0.395. The Labute approximate surface area is 174 Å². The number of carbonyl (C=O) groups excluding carboxylic acids is 1. The van der Waals surface area contributed by atoms with E-state index in [9.17, 15) is 18.7 Å². The summed E-state index contributed by atoms with van der Waals surface area (Å²) in [5.41, 5.74) is 2.42. The molecule has 6 nitrogen and oxygen atoms in total. The van der Waals surface area contributed by atoms with Gasteiger partial charge in [-0.15, -0.1) is 0 Å². The zero-order valence-electron chi connectivity index (χ0n) is 16.8. The standard InChI is InChI=1S/C22H26F2N2O4/c1-29-20-12-17(6-7-19(20)30-22(23)24)21(28)25-13-15-2-4-16(5-3-15)14-26-10-8-18(27)9-11-26/h2-7,12,18,22,27H,8-11,13-14H2,1H3,(H,25,28). The van der Waals surface area contributed by atoms with E-state index < -0.39 is 6.61 Å². The Kier molecular flexibility index (Phi) is 7.59. The Bertz CT molecular complexity index is 838. The van der Waals surface area contributed by atoms with Crippen LogP contribution in [0.3, 0.4) is 0 Å². The van der Waals surface area contributed by atoms with Crippen molar-refractivity contribution < 1.29 is 28.2 Å². The molecule has 162 valence electrons. The number of methoxy groups -OCH3 is 1. The highest BCUT2D eigenvalue weighted by atomic mass is 19.3. The first-order valence-electron chi connectivity index (χ1n) is 9.84. The first-order chi connectivity index (χ1) is 14.4. The molecule has 0 unspecified atom stereocenters. The number of amides is 1. The summed E-state index contributed by atoms with van der Waals surface area (Å²) in [6, 6.07) is 12.1. The number of likely N-dealkylation sites (tertiary alicyclic amines) is 1. The predicted octanol–water partition coefficient (Wildman–Crippen LogP) is 3.18. The number of nitrogens with one attached hydrogen (secondary N) is 1. The van der Waals surface area contributed by atoms with Gasteiger partial charge in [0, 0.05) is 31.7 Å². The Hall–Kier alpha value is -2.71. The number of halogens is 2. The van der Waals surface area contributed by atoms with Crippen LogP contribution in [0.25, 0.3) is 0 Å². The summed E-state index contributed by atoms with van der Waals surface area (Å²) in [5, 5.41) is 12.4. The molecule has 1 fully saturated rings. The minimum atomic E-state index is -2.97. The molecule has 2 N–H and O–H groups in total. The maximum absolute atomic E-state index is 12.4. The number of rotatable bonds is 8. The number of ether oxygens (including phenoxy) is 2. The third kappa shape index (κ3) is 6.14. The SMILES string of the molecule is COc1cc(C(=O)NCc2ccc(CN3CCC(O)CC3)cc2)ccc1OC(F)F. The highest BCUT2D eigenvalue weighted by Gasteiger charge is 2.17. The lowest BCUT2D eigenvalue weighted by Crippen LogP contribution is -2.35. The molecule has 2 aromatic rings. The van der Waals surface area contributed by atoms with E-state index in [2.05, 4.69) is 15.0 Å². The van der Waals surface area contributed by atoms with Crippen LogP contribution in [0.15, 0.2) is 42.5 Å². The molecule has 0 radical (unpaired) electrons. The number of piperidine rings is 1. The average molecular weight is 420 g/mol. The molecule has 0 aliphatic carbocycles. The van der Waals surface area contributed by atoms with Gasteiger partial charge in [0.05, 0.1) is 13.2 Å². The van der Waals surface area contributed by atoms with Crippen LogP contribution in [0.4, 0.5) is 8.78 Å². The summed E-state index contributed by atoms with van der Waals surface area (Å²) in [7, 11) is 1.32. The molecule has 30 heavy (non-hydrogen) atoms. The Morgan fingerprint density at radius 1 is 1.13 bits per heavy atom. The van der Waals surface area contributed by atoms with Crippen molar-refractivity contribution in [2.45, 2.75) is 38.6 Å². The van der Waals surface area contributed by atoms with Crippen LogP contribution < -0.4 is 14.8 Å². The fourth-order valence-electron chi connectivity index (χ4n) is 3.38. The lowest BCUT2D eigenvalue weighted by atomic mass is 10.1. The molecular formula is C22H26F2N2O4. The number of hydrogen-bond acceptors (Lipinski definition) is 5. The minimum absolute atomic E-state index is 0.0672. The minimum Gasteiger partial charge on any atom is -0.493 e. The van der Waals surface area contributed by atoms with Crippen LogP contribution in [0.5, 0.6) is 11.5 Å².